The number of halogens is 2. The Morgan fingerprint density at radius 3 is 2.82 bits per heavy atom. The smallest absolute Gasteiger partial charge is 0.137 e. The first-order valence-electron chi connectivity index (χ1n) is 4.77. The monoisotopic (exact) mass is 291 g/mol. The van der Waals surface area contributed by atoms with Gasteiger partial charge in [0.2, 0.25) is 0 Å². The van der Waals surface area contributed by atoms with Crippen molar-refractivity contribution in [1.82, 2.24) is 4.98 Å². The zero-order valence-corrected chi connectivity index (χ0v) is 10.2. The maximum atomic E-state index is 13.0. The Labute approximate surface area is 106 Å². The normalized spacial score (nSPS) is 9.71. The molecule has 2 rings (SSSR count). The average molecular weight is 292 g/mol. The molecule has 84 valence electrons. The molecule has 0 aliphatic rings. The molecule has 0 saturated heterocycles. The summed E-state index contributed by atoms with van der Waals surface area (Å²) in [4.78, 5) is 4.06. The lowest BCUT2D eigenvalue weighted by molar-refractivity contribution is 0.621. The molecule has 17 heavy (non-hydrogen) atoms. The van der Waals surface area contributed by atoms with Crippen LogP contribution in [0.3, 0.4) is 0 Å². The van der Waals surface area contributed by atoms with Crippen LogP contribution in [0, 0.1) is 17.1 Å². The number of benzene rings is 1. The van der Waals surface area contributed by atoms with Crippen molar-refractivity contribution in [3.63, 3.8) is 0 Å². The minimum absolute atomic E-state index is 0.325. The minimum atomic E-state index is -0.325. The van der Waals surface area contributed by atoms with Crippen LogP contribution in [0.4, 0.5) is 15.9 Å². The SMILES string of the molecule is N#Cc1ccnc(Nc2ccc(F)c(Br)c2)c1. The molecule has 0 atom stereocenters. The number of nitrogens with one attached hydrogen (secondary N) is 1. The number of anilines is 2. The summed E-state index contributed by atoms with van der Waals surface area (Å²) < 4.78 is 13.4. The highest BCUT2D eigenvalue weighted by atomic mass is 79.9. The molecule has 3 nitrogen and oxygen atoms in total. The van der Waals surface area contributed by atoms with Gasteiger partial charge in [0.1, 0.15) is 11.6 Å². The van der Waals surface area contributed by atoms with Crippen molar-refractivity contribution >= 4 is 27.4 Å². The van der Waals surface area contributed by atoms with Gasteiger partial charge in [0.15, 0.2) is 0 Å². The first-order chi connectivity index (χ1) is 8.19. The maximum Gasteiger partial charge on any atom is 0.137 e. The molecule has 2 aromatic rings. The van der Waals surface area contributed by atoms with Crippen LogP contribution in [-0.4, -0.2) is 4.98 Å². The summed E-state index contributed by atoms with van der Waals surface area (Å²) >= 11 is 3.10. The number of pyridine rings is 1. The van der Waals surface area contributed by atoms with Crippen LogP contribution < -0.4 is 5.32 Å². The van der Waals surface area contributed by atoms with Crippen LogP contribution >= 0.6 is 15.9 Å². The quantitative estimate of drug-likeness (QED) is 0.920. The van der Waals surface area contributed by atoms with Gasteiger partial charge in [-0.15, -0.1) is 0 Å². The molecule has 0 aliphatic carbocycles. The number of aromatic nitrogens is 1. The fourth-order valence-electron chi connectivity index (χ4n) is 1.29. The van der Waals surface area contributed by atoms with Gasteiger partial charge in [0, 0.05) is 11.9 Å². The molecule has 1 aromatic carbocycles. The number of rotatable bonds is 2. The van der Waals surface area contributed by atoms with Gasteiger partial charge in [-0.1, -0.05) is 0 Å². The van der Waals surface area contributed by atoms with Gasteiger partial charge in [-0.3, -0.25) is 0 Å². The van der Waals surface area contributed by atoms with Gasteiger partial charge in [-0.05, 0) is 46.3 Å². The number of nitrogens with zero attached hydrogens (tertiary/aromatic N) is 2. The van der Waals surface area contributed by atoms with Crippen LogP contribution in [-0.2, 0) is 0 Å². The van der Waals surface area contributed by atoms with E-state index in [1.54, 1.807) is 30.5 Å². The third kappa shape index (κ3) is 2.80. The van der Waals surface area contributed by atoms with Gasteiger partial charge in [-0.2, -0.15) is 5.26 Å². The Kier molecular flexibility index (Phi) is 3.35. The molecule has 0 fully saturated rings. The average Bonchev–Trinajstić information content (AvgIpc) is 2.34. The van der Waals surface area contributed by atoms with Crippen LogP contribution in [0.15, 0.2) is 41.0 Å². The van der Waals surface area contributed by atoms with Crippen molar-refractivity contribution in [2.24, 2.45) is 0 Å². The predicted molar refractivity (Wildman–Crippen MR) is 66.3 cm³/mol. The Hall–Kier alpha value is -1.93. The second-order valence-corrected chi connectivity index (χ2v) is 4.15. The molecule has 0 unspecified atom stereocenters. The van der Waals surface area contributed by atoms with Crippen molar-refractivity contribution in [2.45, 2.75) is 0 Å². The summed E-state index contributed by atoms with van der Waals surface area (Å²) in [5.74, 6) is 0.219. The fraction of sp³-hybridized carbons (Fsp3) is 0. The van der Waals surface area contributed by atoms with Crippen molar-refractivity contribution in [3.05, 3.63) is 52.4 Å². The lowest BCUT2D eigenvalue weighted by Crippen LogP contribution is -1.94. The predicted octanol–water partition coefficient (Wildman–Crippen LogP) is 3.60. The summed E-state index contributed by atoms with van der Waals surface area (Å²) in [6, 6.07) is 9.82. The molecular weight excluding hydrogens is 285 g/mol. The van der Waals surface area contributed by atoms with E-state index in [0.717, 1.165) is 0 Å². The second-order valence-electron chi connectivity index (χ2n) is 3.30. The van der Waals surface area contributed by atoms with Crippen molar-refractivity contribution in [3.8, 4) is 6.07 Å². The Morgan fingerprint density at radius 1 is 1.29 bits per heavy atom. The van der Waals surface area contributed by atoms with Crippen molar-refractivity contribution < 1.29 is 4.39 Å². The van der Waals surface area contributed by atoms with Gasteiger partial charge < -0.3 is 5.32 Å². The van der Waals surface area contributed by atoms with E-state index in [4.69, 9.17) is 5.26 Å². The van der Waals surface area contributed by atoms with E-state index >= 15 is 0 Å². The number of hydrogen-bond donors (Lipinski definition) is 1. The van der Waals surface area contributed by atoms with E-state index in [-0.39, 0.29) is 5.82 Å². The molecule has 1 aromatic heterocycles. The van der Waals surface area contributed by atoms with Gasteiger partial charge in [0.25, 0.3) is 0 Å². The number of nitriles is 1. The lowest BCUT2D eigenvalue weighted by atomic mass is 10.2. The highest BCUT2D eigenvalue weighted by Gasteiger charge is 2.02. The van der Waals surface area contributed by atoms with Crippen LogP contribution in [0.5, 0.6) is 0 Å². The Morgan fingerprint density at radius 2 is 2.12 bits per heavy atom. The lowest BCUT2D eigenvalue weighted by Gasteiger charge is -2.06. The summed E-state index contributed by atoms with van der Waals surface area (Å²) in [6.07, 6.45) is 1.54. The maximum absolute atomic E-state index is 13.0. The molecule has 5 heteroatoms. The largest absolute Gasteiger partial charge is 0.340 e. The van der Waals surface area contributed by atoms with Crippen LogP contribution in [0.1, 0.15) is 5.56 Å². The zero-order chi connectivity index (χ0) is 12.3. The molecule has 0 radical (unpaired) electrons. The highest BCUT2D eigenvalue weighted by molar-refractivity contribution is 9.10. The Balaban J connectivity index is 2.25. The molecule has 0 saturated carbocycles. The molecule has 1 N–H and O–H groups in total. The van der Waals surface area contributed by atoms with Crippen molar-refractivity contribution in [2.75, 3.05) is 5.32 Å². The standard InChI is InChI=1S/C12H7BrFN3/c13-10-6-9(1-2-11(10)14)17-12-5-8(7-15)3-4-16-12/h1-6H,(H,16,17). The van der Waals surface area contributed by atoms with E-state index in [2.05, 4.69) is 26.2 Å². The molecule has 1 heterocycles. The third-order valence-corrected chi connectivity index (χ3v) is 2.69. The molecule has 0 bridgehead atoms. The van der Waals surface area contributed by atoms with Crippen LogP contribution in [0.25, 0.3) is 0 Å². The first kappa shape index (κ1) is 11.6. The topological polar surface area (TPSA) is 48.7 Å². The van der Waals surface area contributed by atoms with E-state index in [1.807, 2.05) is 6.07 Å². The highest BCUT2D eigenvalue weighted by Crippen LogP contribution is 2.22. The van der Waals surface area contributed by atoms with Gasteiger partial charge >= 0.3 is 0 Å². The summed E-state index contributed by atoms with van der Waals surface area (Å²) in [5.41, 5.74) is 1.21. The Bertz CT molecular complexity index is 593. The molecule has 0 amide bonds. The van der Waals surface area contributed by atoms with E-state index in [1.165, 1.54) is 6.07 Å². The molecule has 0 spiro atoms. The summed E-state index contributed by atoms with van der Waals surface area (Å²) in [6.45, 7) is 0. The van der Waals surface area contributed by atoms with E-state index in [9.17, 15) is 4.39 Å². The second kappa shape index (κ2) is 4.93. The van der Waals surface area contributed by atoms with E-state index in [0.29, 0.717) is 21.5 Å². The number of hydrogen-bond acceptors (Lipinski definition) is 3. The zero-order valence-electron chi connectivity index (χ0n) is 8.61. The van der Waals surface area contributed by atoms with E-state index < -0.39 is 0 Å². The van der Waals surface area contributed by atoms with Crippen molar-refractivity contribution in [1.29, 1.82) is 5.26 Å². The van der Waals surface area contributed by atoms with Gasteiger partial charge in [-0.25, -0.2) is 9.37 Å². The minimum Gasteiger partial charge on any atom is -0.340 e. The molecular formula is C12H7BrFN3. The van der Waals surface area contributed by atoms with Crippen LogP contribution in [0.2, 0.25) is 0 Å². The first-order valence-corrected chi connectivity index (χ1v) is 5.56. The fourth-order valence-corrected chi connectivity index (χ4v) is 1.67. The molecule has 0 aliphatic heterocycles. The summed E-state index contributed by atoms with van der Waals surface area (Å²) in [7, 11) is 0. The summed E-state index contributed by atoms with van der Waals surface area (Å²) in [5, 5.41) is 11.7. The third-order valence-electron chi connectivity index (χ3n) is 2.08. The van der Waals surface area contributed by atoms with Gasteiger partial charge in [0.05, 0.1) is 16.1 Å².